The first-order chi connectivity index (χ1) is 9.13. The number of aromatic nitrogens is 1. The minimum atomic E-state index is 0.775. The van der Waals surface area contributed by atoms with Gasteiger partial charge >= 0.3 is 0 Å². The molecule has 2 aromatic rings. The van der Waals surface area contributed by atoms with E-state index in [4.69, 9.17) is 5.73 Å². The molecule has 19 heavy (non-hydrogen) atoms. The Morgan fingerprint density at radius 2 is 1.95 bits per heavy atom. The van der Waals surface area contributed by atoms with Gasteiger partial charge in [-0.25, -0.2) is 0 Å². The van der Waals surface area contributed by atoms with Crippen molar-refractivity contribution in [2.24, 2.45) is 0 Å². The second-order valence-electron chi connectivity index (χ2n) is 5.29. The average Bonchev–Trinajstić information content (AvgIpc) is 2.37. The maximum Gasteiger partial charge on any atom is 0.0682 e. The van der Waals surface area contributed by atoms with E-state index in [-0.39, 0.29) is 0 Å². The number of hydrogen-bond acceptors (Lipinski definition) is 2. The highest BCUT2D eigenvalue weighted by Gasteiger charge is 2.14. The highest BCUT2D eigenvalue weighted by molar-refractivity contribution is 5.84. The van der Waals surface area contributed by atoms with Crippen LogP contribution < -0.4 is 5.73 Å². The van der Waals surface area contributed by atoms with Gasteiger partial charge in [0.05, 0.1) is 5.69 Å². The molecule has 0 spiro atoms. The standard InChI is InChI=1S/C17H18N2/c1-11-7-12(2)16-4-3-13(9-14(16)8-11)17-10-15(18)5-6-19-17/h5-10H,3-4H2,1-2H3,(H2,18,19). The van der Waals surface area contributed by atoms with Crippen LogP contribution in [0.2, 0.25) is 0 Å². The van der Waals surface area contributed by atoms with Crippen molar-refractivity contribution >= 4 is 17.3 Å². The molecule has 1 aromatic carbocycles. The summed E-state index contributed by atoms with van der Waals surface area (Å²) < 4.78 is 0. The van der Waals surface area contributed by atoms with Crippen LogP contribution >= 0.6 is 0 Å². The third-order valence-corrected chi connectivity index (χ3v) is 3.74. The van der Waals surface area contributed by atoms with Crippen molar-refractivity contribution in [2.75, 3.05) is 5.73 Å². The smallest absolute Gasteiger partial charge is 0.0682 e. The van der Waals surface area contributed by atoms with Gasteiger partial charge in [-0.2, -0.15) is 0 Å². The lowest BCUT2D eigenvalue weighted by Crippen LogP contribution is -2.03. The number of pyridine rings is 1. The van der Waals surface area contributed by atoms with Gasteiger partial charge in [-0.3, -0.25) is 4.98 Å². The monoisotopic (exact) mass is 250 g/mol. The zero-order valence-electron chi connectivity index (χ0n) is 11.4. The molecule has 0 amide bonds. The van der Waals surface area contributed by atoms with Crippen molar-refractivity contribution in [3.8, 4) is 0 Å². The minimum Gasteiger partial charge on any atom is -0.399 e. The van der Waals surface area contributed by atoms with E-state index in [1.54, 1.807) is 6.20 Å². The molecule has 0 bridgehead atoms. The number of hydrogen-bond donors (Lipinski definition) is 1. The molecule has 1 aromatic heterocycles. The number of nitrogen functional groups attached to an aromatic ring is 1. The fourth-order valence-electron chi connectivity index (χ4n) is 2.84. The van der Waals surface area contributed by atoms with Gasteiger partial charge in [-0.05, 0) is 67.2 Å². The van der Waals surface area contributed by atoms with Gasteiger partial charge in [0.2, 0.25) is 0 Å². The Labute approximate surface area is 114 Å². The third kappa shape index (κ3) is 2.26. The lowest BCUT2D eigenvalue weighted by atomic mass is 9.87. The third-order valence-electron chi connectivity index (χ3n) is 3.74. The molecule has 2 N–H and O–H groups in total. The molecule has 2 nitrogen and oxygen atoms in total. The molecule has 0 atom stereocenters. The van der Waals surface area contributed by atoms with Crippen LogP contribution in [0.25, 0.3) is 11.6 Å². The number of aryl methyl sites for hydroxylation is 2. The molecular formula is C17H18N2. The van der Waals surface area contributed by atoms with E-state index in [0.29, 0.717) is 0 Å². The Morgan fingerprint density at radius 3 is 2.74 bits per heavy atom. The van der Waals surface area contributed by atoms with E-state index in [9.17, 15) is 0 Å². The molecule has 0 unspecified atom stereocenters. The van der Waals surface area contributed by atoms with Gasteiger partial charge in [0.25, 0.3) is 0 Å². The predicted octanol–water partition coefficient (Wildman–Crippen LogP) is 3.77. The lowest BCUT2D eigenvalue weighted by Gasteiger charge is -2.19. The molecule has 0 aliphatic heterocycles. The molecule has 2 heteroatoms. The maximum absolute atomic E-state index is 5.84. The summed E-state index contributed by atoms with van der Waals surface area (Å²) in [7, 11) is 0. The first kappa shape index (κ1) is 12.0. The van der Waals surface area contributed by atoms with E-state index in [0.717, 1.165) is 24.2 Å². The van der Waals surface area contributed by atoms with Gasteiger partial charge < -0.3 is 5.73 Å². The summed E-state index contributed by atoms with van der Waals surface area (Å²) in [5, 5.41) is 0. The Hall–Kier alpha value is -2.09. The summed E-state index contributed by atoms with van der Waals surface area (Å²) in [6.45, 7) is 4.34. The number of rotatable bonds is 1. The van der Waals surface area contributed by atoms with Crippen LogP contribution in [0.3, 0.4) is 0 Å². The Bertz CT molecular complexity index is 669. The van der Waals surface area contributed by atoms with Gasteiger partial charge in [0, 0.05) is 11.9 Å². The second kappa shape index (κ2) is 4.54. The van der Waals surface area contributed by atoms with Crippen molar-refractivity contribution in [1.29, 1.82) is 0 Å². The lowest BCUT2D eigenvalue weighted by molar-refractivity contribution is 0.975. The summed E-state index contributed by atoms with van der Waals surface area (Å²) in [6.07, 6.45) is 6.17. The molecule has 1 aliphatic carbocycles. The number of nitrogens with two attached hydrogens (primary N) is 1. The van der Waals surface area contributed by atoms with Crippen molar-refractivity contribution in [3.63, 3.8) is 0 Å². The summed E-state index contributed by atoms with van der Waals surface area (Å²) in [5.74, 6) is 0. The van der Waals surface area contributed by atoms with E-state index in [2.05, 4.69) is 37.0 Å². The summed E-state index contributed by atoms with van der Waals surface area (Å²) in [4.78, 5) is 4.43. The van der Waals surface area contributed by atoms with Gasteiger partial charge in [-0.15, -0.1) is 0 Å². The number of allylic oxidation sites excluding steroid dienone is 1. The first-order valence-corrected chi connectivity index (χ1v) is 6.66. The summed E-state index contributed by atoms with van der Waals surface area (Å²) >= 11 is 0. The van der Waals surface area contributed by atoms with Crippen LogP contribution in [-0.4, -0.2) is 4.98 Å². The largest absolute Gasteiger partial charge is 0.399 e. The minimum absolute atomic E-state index is 0.775. The van der Waals surface area contributed by atoms with Crippen LogP contribution in [-0.2, 0) is 6.42 Å². The van der Waals surface area contributed by atoms with Crippen molar-refractivity contribution in [2.45, 2.75) is 26.7 Å². The molecule has 0 saturated heterocycles. The summed E-state index contributed by atoms with van der Waals surface area (Å²) in [6, 6.07) is 8.30. The topological polar surface area (TPSA) is 38.9 Å². The van der Waals surface area contributed by atoms with Crippen molar-refractivity contribution in [1.82, 2.24) is 4.98 Å². The number of fused-ring (bicyclic) bond motifs is 1. The normalized spacial score (nSPS) is 13.9. The molecule has 0 saturated carbocycles. The second-order valence-corrected chi connectivity index (χ2v) is 5.29. The fraction of sp³-hybridized carbons (Fsp3) is 0.235. The van der Waals surface area contributed by atoms with E-state index in [1.165, 1.54) is 27.8 Å². The molecular weight excluding hydrogens is 232 g/mol. The number of anilines is 1. The van der Waals surface area contributed by atoms with Gasteiger partial charge in [-0.1, -0.05) is 17.7 Å². The maximum atomic E-state index is 5.84. The highest BCUT2D eigenvalue weighted by Crippen LogP contribution is 2.32. The number of benzene rings is 1. The van der Waals surface area contributed by atoms with E-state index < -0.39 is 0 Å². The molecule has 1 aliphatic rings. The summed E-state index contributed by atoms with van der Waals surface area (Å²) in [5.41, 5.74) is 14.4. The van der Waals surface area contributed by atoms with Crippen LogP contribution in [0.5, 0.6) is 0 Å². The zero-order chi connectivity index (χ0) is 13.4. The van der Waals surface area contributed by atoms with E-state index >= 15 is 0 Å². The Balaban J connectivity index is 2.09. The first-order valence-electron chi connectivity index (χ1n) is 6.66. The SMILES string of the molecule is Cc1cc(C)c2c(c1)C=C(c1cc(N)ccn1)CC2. The van der Waals surface area contributed by atoms with Crippen LogP contribution in [0, 0.1) is 13.8 Å². The molecule has 96 valence electrons. The van der Waals surface area contributed by atoms with Crippen LogP contribution in [0.4, 0.5) is 5.69 Å². The van der Waals surface area contributed by atoms with Gasteiger partial charge in [0.1, 0.15) is 0 Å². The highest BCUT2D eigenvalue weighted by atomic mass is 14.7. The number of nitrogens with zero attached hydrogens (tertiary/aromatic N) is 1. The molecule has 1 heterocycles. The Kier molecular flexibility index (Phi) is 2.86. The van der Waals surface area contributed by atoms with Crippen molar-refractivity contribution in [3.05, 3.63) is 58.4 Å². The van der Waals surface area contributed by atoms with Crippen LogP contribution in [0.15, 0.2) is 30.5 Å². The molecule has 3 rings (SSSR count). The molecule has 0 fully saturated rings. The van der Waals surface area contributed by atoms with Crippen molar-refractivity contribution < 1.29 is 0 Å². The van der Waals surface area contributed by atoms with E-state index in [1.807, 2.05) is 12.1 Å². The Morgan fingerprint density at radius 1 is 1.11 bits per heavy atom. The average molecular weight is 250 g/mol. The fourth-order valence-corrected chi connectivity index (χ4v) is 2.84. The van der Waals surface area contributed by atoms with Gasteiger partial charge in [0.15, 0.2) is 0 Å². The predicted molar refractivity (Wildman–Crippen MR) is 80.8 cm³/mol. The van der Waals surface area contributed by atoms with Crippen LogP contribution in [0.1, 0.15) is 34.4 Å². The molecule has 0 radical (unpaired) electrons. The quantitative estimate of drug-likeness (QED) is 0.836. The zero-order valence-corrected chi connectivity index (χ0v) is 11.4.